The Bertz CT molecular complexity index is 1570. The van der Waals surface area contributed by atoms with Crippen LogP contribution in [0.4, 0.5) is 32.4 Å². The van der Waals surface area contributed by atoms with Gasteiger partial charge in [0.2, 0.25) is 0 Å². The third-order valence-corrected chi connectivity index (χ3v) is 8.64. The summed E-state index contributed by atoms with van der Waals surface area (Å²) in [5, 5.41) is 5.11. The monoisotopic (exact) mass is 579 g/mol. The fourth-order valence-electron chi connectivity index (χ4n) is 4.74. The molecule has 1 aliphatic rings. The Hall–Kier alpha value is -3.93. The van der Waals surface area contributed by atoms with Crippen LogP contribution in [0, 0.1) is 11.6 Å². The largest absolute Gasteiger partial charge is 0.416 e. The van der Waals surface area contributed by atoms with E-state index in [2.05, 4.69) is 10.6 Å². The first-order valence-corrected chi connectivity index (χ1v) is 13.6. The van der Waals surface area contributed by atoms with Crippen molar-refractivity contribution in [2.24, 2.45) is 0 Å². The number of benzene rings is 3. The Labute approximate surface area is 228 Å². The highest BCUT2D eigenvalue weighted by molar-refractivity contribution is 7.92. The molecule has 2 atom stereocenters. The van der Waals surface area contributed by atoms with Crippen LogP contribution in [0.2, 0.25) is 0 Å². The number of carbonyl (C=O) groups excluding carboxylic acids is 1. The van der Waals surface area contributed by atoms with Crippen LogP contribution in [0.3, 0.4) is 0 Å². The van der Waals surface area contributed by atoms with Gasteiger partial charge in [0.25, 0.3) is 10.0 Å². The number of alkyl halides is 3. The average Bonchev–Trinajstić information content (AvgIpc) is 2.88. The number of sulfonamides is 1. The van der Waals surface area contributed by atoms with Crippen LogP contribution in [-0.2, 0) is 22.6 Å². The Kier molecular flexibility index (Phi) is 7.93. The molecule has 6 nitrogen and oxygen atoms in total. The maximum absolute atomic E-state index is 14.3. The van der Waals surface area contributed by atoms with E-state index in [1.165, 1.54) is 39.1 Å². The van der Waals surface area contributed by atoms with E-state index in [0.717, 1.165) is 34.6 Å². The highest BCUT2D eigenvalue weighted by Crippen LogP contribution is 2.38. The fraction of sp³-hybridized carbons (Fsp3) is 0.250. The standard InChI is InChI=1S/C28H26F5N3O3S/c1-16(26-22(29)8-5-9-23(26)30)12-18-10-11-19-14-24(35-27(37)34-3)17(2)36(25(19)13-18)40(38,39)21-7-4-6-20(15-21)28(31,32)33/h4-13,15,17,24H,14H2,1-3H3,(H2,34,35,37)/b16-12+/t17-,24-/m1/s1. The number of urea groups is 1. The minimum absolute atomic E-state index is 0.176. The molecule has 0 radical (unpaired) electrons. The van der Waals surface area contributed by atoms with Crippen LogP contribution >= 0.6 is 0 Å². The second-order valence-electron chi connectivity index (χ2n) is 9.41. The van der Waals surface area contributed by atoms with Crippen LogP contribution in [0.5, 0.6) is 0 Å². The van der Waals surface area contributed by atoms with E-state index in [4.69, 9.17) is 0 Å². The zero-order valence-corrected chi connectivity index (χ0v) is 22.5. The number of fused-ring (bicyclic) bond motifs is 1. The molecule has 0 saturated heterocycles. The van der Waals surface area contributed by atoms with Crippen LogP contribution in [-0.4, -0.2) is 33.6 Å². The van der Waals surface area contributed by atoms with Gasteiger partial charge in [0.15, 0.2) is 0 Å². The summed E-state index contributed by atoms with van der Waals surface area (Å²) in [6.45, 7) is 3.04. The first-order chi connectivity index (χ1) is 18.7. The van der Waals surface area contributed by atoms with Crippen molar-refractivity contribution in [3.63, 3.8) is 0 Å². The van der Waals surface area contributed by atoms with E-state index < -0.39 is 56.4 Å². The average molecular weight is 580 g/mol. The zero-order valence-electron chi connectivity index (χ0n) is 21.7. The van der Waals surface area contributed by atoms with Gasteiger partial charge in [0.05, 0.1) is 28.2 Å². The number of rotatable bonds is 5. The summed E-state index contributed by atoms with van der Waals surface area (Å²) in [6, 6.07) is 9.45. The molecule has 0 unspecified atom stereocenters. The molecule has 1 aliphatic heterocycles. The molecule has 3 aromatic carbocycles. The van der Waals surface area contributed by atoms with Crippen molar-refractivity contribution >= 4 is 33.4 Å². The number of anilines is 1. The second-order valence-corrected chi connectivity index (χ2v) is 11.2. The van der Waals surface area contributed by atoms with Gasteiger partial charge in [-0.1, -0.05) is 30.3 Å². The Morgan fingerprint density at radius 2 is 1.68 bits per heavy atom. The minimum Gasteiger partial charge on any atom is -0.341 e. The van der Waals surface area contributed by atoms with E-state index in [9.17, 15) is 35.2 Å². The van der Waals surface area contributed by atoms with Gasteiger partial charge in [-0.3, -0.25) is 4.31 Å². The summed E-state index contributed by atoms with van der Waals surface area (Å²) >= 11 is 0. The van der Waals surface area contributed by atoms with E-state index in [0.29, 0.717) is 17.2 Å². The Morgan fingerprint density at radius 1 is 1.02 bits per heavy atom. The highest BCUT2D eigenvalue weighted by atomic mass is 32.2. The minimum atomic E-state index is -4.77. The third kappa shape index (κ3) is 5.67. The Morgan fingerprint density at radius 3 is 2.30 bits per heavy atom. The lowest BCUT2D eigenvalue weighted by molar-refractivity contribution is -0.137. The van der Waals surface area contributed by atoms with Crippen molar-refractivity contribution < 1.29 is 35.2 Å². The Balaban J connectivity index is 1.86. The first kappa shape index (κ1) is 29.1. The lowest BCUT2D eigenvalue weighted by Crippen LogP contribution is -2.57. The normalized spacial score (nSPS) is 17.8. The smallest absolute Gasteiger partial charge is 0.341 e. The zero-order chi connectivity index (χ0) is 29.4. The van der Waals surface area contributed by atoms with Gasteiger partial charge in [-0.2, -0.15) is 13.2 Å². The van der Waals surface area contributed by atoms with Gasteiger partial charge in [-0.05, 0) is 73.4 Å². The number of hydrogen-bond donors (Lipinski definition) is 2. The number of amides is 2. The van der Waals surface area contributed by atoms with Gasteiger partial charge in [0, 0.05) is 12.6 Å². The number of nitrogens with zero attached hydrogens (tertiary/aromatic N) is 1. The molecule has 1 heterocycles. The number of halogens is 5. The molecule has 0 fully saturated rings. The predicted octanol–water partition coefficient (Wildman–Crippen LogP) is 5.98. The molecule has 0 aliphatic carbocycles. The molecule has 2 amide bonds. The molecule has 0 saturated carbocycles. The second kappa shape index (κ2) is 10.9. The number of nitrogens with one attached hydrogen (secondary N) is 2. The van der Waals surface area contributed by atoms with Gasteiger partial charge in [0.1, 0.15) is 11.6 Å². The first-order valence-electron chi connectivity index (χ1n) is 12.2. The quantitative estimate of drug-likeness (QED) is 0.288. The molecule has 40 heavy (non-hydrogen) atoms. The topological polar surface area (TPSA) is 78.5 Å². The van der Waals surface area contributed by atoms with E-state index in [1.54, 1.807) is 12.1 Å². The molecule has 212 valence electrons. The van der Waals surface area contributed by atoms with Crippen molar-refractivity contribution in [3.05, 3.63) is 94.6 Å². The molecular weight excluding hydrogens is 553 g/mol. The van der Waals surface area contributed by atoms with Crippen molar-refractivity contribution in [2.45, 2.75) is 43.4 Å². The van der Waals surface area contributed by atoms with Crippen LogP contribution in [0.15, 0.2) is 65.6 Å². The number of carbonyl (C=O) groups is 1. The summed E-state index contributed by atoms with van der Waals surface area (Å²) in [5.41, 5.74) is -0.0362. The third-order valence-electron chi connectivity index (χ3n) is 6.74. The number of hydrogen-bond acceptors (Lipinski definition) is 3. The molecule has 0 bridgehead atoms. The van der Waals surface area contributed by atoms with Crippen molar-refractivity contribution in [2.75, 3.05) is 11.4 Å². The van der Waals surface area contributed by atoms with Crippen molar-refractivity contribution in [1.29, 1.82) is 0 Å². The van der Waals surface area contributed by atoms with Gasteiger partial charge >= 0.3 is 12.2 Å². The summed E-state index contributed by atoms with van der Waals surface area (Å²) in [6.07, 6.45) is -3.06. The molecule has 12 heteroatoms. The van der Waals surface area contributed by atoms with E-state index in [1.807, 2.05) is 0 Å². The molecule has 0 spiro atoms. The summed E-state index contributed by atoms with van der Waals surface area (Å²) < 4.78 is 97.7. The van der Waals surface area contributed by atoms with Crippen LogP contribution in [0.25, 0.3) is 11.6 Å². The predicted molar refractivity (Wildman–Crippen MR) is 142 cm³/mol. The molecule has 2 N–H and O–H groups in total. The summed E-state index contributed by atoms with van der Waals surface area (Å²) in [7, 11) is -3.18. The fourth-order valence-corrected chi connectivity index (χ4v) is 6.51. The summed E-state index contributed by atoms with van der Waals surface area (Å²) in [5.74, 6) is -1.53. The van der Waals surface area contributed by atoms with Gasteiger partial charge < -0.3 is 10.6 Å². The summed E-state index contributed by atoms with van der Waals surface area (Å²) in [4.78, 5) is 11.5. The SMILES string of the molecule is CNC(=O)N[C@@H]1Cc2ccc(/C=C(\C)c3c(F)cccc3F)cc2N(S(=O)(=O)c2cccc(C(F)(F)F)c2)[C@@H]1C. The van der Waals surface area contributed by atoms with Gasteiger partial charge in [-0.15, -0.1) is 0 Å². The molecule has 4 rings (SSSR count). The molecular formula is C28H26F5N3O3S. The number of allylic oxidation sites excluding steroid dienone is 1. The lowest BCUT2D eigenvalue weighted by Gasteiger charge is -2.41. The maximum atomic E-state index is 14.3. The van der Waals surface area contributed by atoms with Gasteiger partial charge in [-0.25, -0.2) is 22.0 Å². The highest BCUT2D eigenvalue weighted by Gasteiger charge is 2.41. The van der Waals surface area contributed by atoms with Crippen molar-refractivity contribution in [3.8, 4) is 0 Å². The van der Waals surface area contributed by atoms with Crippen LogP contribution in [0.1, 0.15) is 36.1 Å². The maximum Gasteiger partial charge on any atom is 0.416 e. The van der Waals surface area contributed by atoms with E-state index >= 15 is 0 Å². The van der Waals surface area contributed by atoms with E-state index in [-0.39, 0.29) is 23.2 Å². The lowest BCUT2D eigenvalue weighted by atomic mass is 9.92. The molecule has 0 aromatic heterocycles. The van der Waals surface area contributed by atoms with Crippen LogP contribution < -0.4 is 14.9 Å². The molecule has 3 aromatic rings. The van der Waals surface area contributed by atoms with Crippen molar-refractivity contribution in [1.82, 2.24) is 10.6 Å².